The fourth-order valence-electron chi connectivity index (χ4n) is 2.86. The van der Waals surface area contributed by atoms with Crippen LogP contribution in [0.25, 0.3) is 11.3 Å². The van der Waals surface area contributed by atoms with Gasteiger partial charge in [-0.25, -0.2) is 0 Å². The number of carbonyl (C=O) groups excluding carboxylic acids is 1. The van der Waals surface area contributed by atoms with E-state index < -0.39 is 0 Å². The molecule has 2 aromatic rings. The summed E-state index contributed by atoms with van der Waals surface area (Å²) in [5, 5.41) is 7.19. The van der Waals surface area contributed by atoms with Gasteiger partial charge in [0.1, 0.15) is 5.69 Å². The van der Waals surface area contributed by atoms with Gasteiger partial charge >= 0.3 is 0 Å². The Labute approximate surface area is 130 Å². The van der Waals surface area contributed by atoms with Gasteiger partial charge in [0.05, 0.1) is 0 Å². The molecule has 1 fully saturated rings. The van der Waals surface area contributed by atoms with Gasteiger partial charge in [-0.2, -0.15) is 0 Å². The summed E-state index contributed by atoms with van der Waals surface area (Å²) in [6.07, 6.45) is 1.03. The first-order valence-electron chi connectivity index (χ1n) is 7.65. The van der Waals surface area contributed by atoms with Crippen molar-refractivity contribution in [2.75, 3.05) is 26.7 Å². The Morgan fingerprint density at radius 3 is 2.91 bits per heavy atom. The van der Waals surface area contributed by atoms with E-state index in [1.54, 1.807) is 6.07 Å². The molecular formula is C17H21N3O2. The Morgan fingerprint density at radius 1 is 1.41 bits per heavy atom. The highest BCUT2D eigenvalue weighted by molar-refractivity contribution is 5.92. The normalized spacial score (nSPS) is 17.9. The lowest BCUT2D eigenvalue weighted by atomic mass is 10.1. The zero-order valence-corrected chi connectivity index (χ0v) is 13.0. The summed E-state index contributed by atoms with van der Waals surface area (Å²) in [5.41, 5.74) is 2.85. The molecule has 3 rings (SSSR count). The molecule has 22 heavy (non-hydrogen) atoms. The van der Waals surface area contributed by atoms with Crippen molar-refractivity contribution in [2.24, 2.45) is 5.92 Å². The van der Waals surface area contributed by atoms with Gasteiger partial charge < -0.3 is 14.7 Å². The fourth-order valence-corrected chi connectivity index (χ4v) is 2.86. The molecule has 1 N–H and O–H groups in total. The third-order valence-electron chi connectivity index (χ3n) is 4.13. The minimum atomic E-state index is -0.0653. The molecule has 1 aromatic carbocycles. The molecule has 116 valence electrons. The molecule has 0 saturated carbocycles. The summed E-state index contributed by atoms with van der Waals surface area (Å²) in [5.74, 6) is 0.776. The highest BCUT2D eigenvalue weighted by atomic mass is 16.5. The van der Waals surface area contributed by atoms with Gasteiger partial charge in [0.15, 0.2) is 0 Å². The Morgan fingerprint density at radius 2 is 2.18 bits per heavy atom. The van der Waals surface area contributed by atoms with Crippen LogP contribution in [0, 0.1) is 12.8 Å². The minimum absolute atomic E-state index is 0.0653. The fraction of sp³-hybridized carbons (Fsp3) is 0.412. The standard InChI is InChI=1S/C17H21N3O2/c1-12-3-5-14(6-4-12)15-9-16(22-19-15)17(21)20-8-7-13(11-20)10-18-2/h3-6,9,13,18H,7-8,10-11H2,1-2H3. The van der Waals surface area contributed by atoms with E-state index in [0.717, 1.165) is 31.6 Å². The Hall–Kier alpha value is -2.14. The molecule has 5 nitrogen and oxygen atoms in total. The van der Waals surface area contributed by atoms with Gasteiger partial charge in [0.2, 0.25) is 5.76 Å². The van der Waals surface area contributed by atoms with Gasteiger partial charge in [0.25, 0.3) is 5.91 Å². The SMILES string of the molecule is CNCC1CCN(C(=O)c2cc(-c3ccc(C)cc3)no2)C1. The largest absolute Gasteiger partial charge is 0.350 e. The average Bonchev–Trinajstić information content (AvgIpc) is 3.17. The van der Waals surface area contributed by atoms with Crippen molar-refractivity contribution in [3.63, 3.8) is 0 Å². The highest BCUT2D eigenvalue weighted by Crippen LogP contribution is 2.22. The van der Waals surface area contributed by atoms with Gasteiger partial charge in [-0.1, -0.05) is 35.0 Å². The predicted molar refractivity (Wildman–Crippen MR) is 84.6 cm³/mol. The van der Waals surface area contributed by atoms with E-state index in [1.165, 1.54) is 5.56 Å². The van der Waals surface area contributed by atoms with Gasteiger partial charge in [-0.15, -0.1) is 0 Å². The number of hydrogen-bond donors (Lipinski definition) is 1. The van der Waals surface area contributed by atoms with Crippen LogP contribution in [-0.2, 0) is 0 Å². The zero-order chi connectivity index (χ0) is 15.5. The first kappa shape index (κ1) is 14.8. The summed E-state index contributed by atoms with van der Waals surface area (Å²) in [6.45, 7) is 4.54. The number of rotatable bonds is 4. The molecule has 5 heteroatoms. The number of hydrogen-bond acceptors (Lipinski definition) is 4. The molecule has 1 saturated heterocycles. The molecule has 1 unspecified atom stereocenters. The van der Waals surface area contributed by atoms with E-state index >= 15 is 0 Å². The third kappa shape index (κ3) is 3.04. The van der Waals surface area contributed by atoms with E-state index in [4.69, 9.17) is 4.52 Å². The molecule has 1 aromatic heterocycles. The van der Waals surface area contributed by atoms with E-state index in [0.29, 0.717) is 17.4 Å². The molecule has 0 spiro atoms. The van der Waals surface area contributed by atoms with Crippen LogP contribution < -0.4 is 5.32 Å². The van der Waals surface area contributed by atoms with Crippen molar-refractivity contribution in [2.45, 2.75) is 13.3 Å². The second kappa shape index (κ2) is 6.32. The maximum Gasteiger partial charge on any atom is 0.292 e. The van der Waals surface area contributed by atoms with Crippen molar-refractivity contribution in [3.8, 4) is 11.3 Å². The Balaban J connectivity index is 1.71. The molecule has 2 heterocycles. The third-order valence-corrected chi connectivity index (χ3v) is 4.13. The Kier molecular flexibility index (Phi) is 4.24. The number of amides is 1. The van der Waals surface area contributed by atoms with Gasteiger partial charge in [-0.05, 0) is 32.9 Å². The summed E-state index contributed by atoms with van der Waals surface area (Å²) in [7, 11) is 1.94. The maximum absolute atomic E-state index is 12.5. The molecule has 0 bridgehead atoms. The topological polar surface area (TPSA) is 58.4 Å². The molecule has 0 aliphatic carbocycles. The summed E-state index contributed by atoms with van der Waals surface area (Å²) < 4.78 is 5.26. The van der Waals surface area contributed by atoms with Crippen LogP contribution >= 0.6 is 0 Å². The van der Waals surface area contributed by atoms with Gasteiger partial charge in [0, 0.05) is 24.7 Å². The van der Waals surface area contributed by atoms with Crippen LogP contribution in [0.3, 0.4) is 0 Å². The van der Waals surface area contributed by atoms with Crippen LogP contribution in [0.5, 0.6) is 0 Å². The number of carbonyl (C=O) groups is 1. The predicted octanol–water partition coefficient (Wildman–Crippen LogP) is 2.33. The summed E-state index contributed by atoms with van der Waals surface area (Å²) in [4.78, 5) is 14.3. The van der Waals surface area contributed by atoms with Crippen molar-refractivity contribution in [3.05, 3.63) is 41.7 Å². The second-order valence-electron chi connectivity index (χ2n) is 5.91. The molecule has 1 atom stereocenters. The summed E-state index contributed by atoms with van der Waals surface area (Å²) >= 11 is 0. The van der Waals surface area contributed by atoms with Crippen LogP contribution in [0.4, 0.5) is 0 Å². The molecule has 1 amide bonds. The highest BCUT2D eigenvalue weighted by Gasteiger charge is 2.28. The molecule has 1 aliphatic rings. The molecular weight excluding hydrogens is 278 g/mol. The van der Waals surface area contributed by atoms with Crippen LogP contribution in [-0.4, -0.2) is 42.6 Å². The number of aryl methyl sites for hydroxylation is 1. The average molecular weight is 299 g/mol. The van der Waals surface area contributed by atoms with E-state index in [-0.39, 0.29) is 5.91 Å². The number of nitrogens with zero attached hydrogens (tertiary/aromatic N) is 2. The molecule has 1 aliphatic heterocycles. The van der Waals surface area contributed by atoms with E-state index in [2.05, 4.69) is 10.5 Å². The first-order valence-corrected chi connectivity index (χ1v) is 7.65. The van der Waals surface area contributed by atoms with Crippen molar-refractivity contribution in [1.29, 1.82) is 0 Å². The lowest BCUT2D eigenvalue weighted by Gasteiger charge is -2.14. The van der Waals surface area contributed by atoms with Crippen molar-refractivity contribution >= 4 is 5.91 Å². The van der Waals surface area contributed by atoms with Gasteiger partial charge in [-0.3, -0.25) is 4.79 Å². The number of nitrogens with one attached hydrogen (secondary N) is 1. The van der Waals surface area contributed by atoms with E-state index in [1.807, 2.05) is 43.1 Å². The number of benzene rings is 1. The number of likely N-dealkylation sites (tertiary alicyclic amines) is 1. The van der Waals surface area contributed by atoms with Crippen LogP contribution in [0.15, 0.2) is 34.9 Å². The zero-order valence-electron chi connectivity index (χ0n) is 13.0. The lowest BCUT2D eigenvalue weighted by Crippen LogP contribution is -2.30. The maximum atomic E-state index is 12.5. The summed E-state index contributed by atoms with van der Waals surface area (Å²) in [6, 6.07) is 9.75. The van der Waals surface area contributed by atoms with Crippen molar-refractivity contribution in [1.82, 2.24) is 15.4 Å². The first-order chi connectivity index (χ1) is 10.7. The van der Waals surface area contributed by atoms with Crippen LogP contribution in [0.2, 0.25) is 0 Å². The minimum Gasteiger partial charge on any atom is -0.350 e. The van der Waals surface area contributed by atoms with E-state index in [9.17, 15) is 4.79 Å². The van der Waals surface area contributed by atoms with Crippen LogP contribution in [0.1, 0.15) is 22.5 Å². The number of aromatic nitrogens is 1. The Bertz CT molecular complexity index is 648. The lowest BCUT2D eigenvalue weighted by molar-refractivity contribution is 0.0746. The van der Waals surface area contributed by atoms with Crippen molar-refractivity contribution < 1.29 is 9.32 Å². The smallest absolute Gasteiger partial charge is 0.292 e. The monoisotopic (exact) mass is 299 g/mol. The second-order valence-corrected chi connectivity index (χ2v) is 5.91. The molecule has 0 radical (unpaired) electrons. The quantitative estimate of drug-likeness (QED) is 0.941.